The van der Waals surface area contributed by atoms with Gasteiger partial charge in [-0.2, -0.15) is 13.2 Å². The Morgan fingerprint density at radius 3 is 2.11 bits per heavy atom. The molecule has 0 heterocycles. The Kier molecular flexibility index (Phi) is 7.76. The third-order valence-corrected chi connectivity index (χ3v) is 2.25. The maximum Gasteiger partial charge on any atom is 0.416 e. The van der Waals surface area contributed by atoms with Gasteiger partial charge < -0.3 is 5.32 Å². The fourth-order valence-corrected chi connectivity index (χ4v) is 1.35. The Balaban J connectivity index is 0. The van der Waals surface area contributed by atoms with Crippen LogP contribution in [0.2, 0.25) is 0 Å². The average molecular weight is 263 g/mol. The lowest BCUT2D eigenvalue weighted by molar-refractivity contribution is -0.137. The Morgan fingerprint density at radius 1 is 1.17 bits per heavy atom. The molecule has 0 radical (unpaired) electrons. The molecular formula is C14H24F3N. The van der Waals surface area contributed by atoms with E-state index in [0.29, 0.717) is 11.5 Å². The lowest BCUT2D eigenvalue weighted by atomic mass is 10.1. The van der Waals surface area contributed by atoms with Crippen molar-refractivity contribution >= 4 is 5.69 Å². The van der Waals surface area contributed by atoms with Gasteiger partial charge in [-0.05, 0) is 36.6 Å². The van der Waals surface area contributed by atoms with Gasteiger partial charge >= 0.3 is 6.18 Å². The summed E-state index contributed by atoms with van der Waals surface area (Å²) < 4.78 is 37.2. The molecule has 1 rings (SSSR count). The zero-order chi connectivity index (χ0) is 12.3. The van der Waals surface area contributed by atoms with Gasteiger partial charge in [0.15, 0.2) is 0 Å². The van der Waals surface area contributed by atoms with E-state index in [1.54, 1.807) is 6.92 Å². The first-order valence-electron chi connectivity index (χ1n) is 5.22. The molecule has 18 heavy (non-hydrogen) atoms. The average Bonchev–Trinajstić information content (AvgIpc) is 2.14. The fourth-order valence-electron chi connectivity index (χ4n) is 1.35. The number of alkyl halides is 3. The van der Waals surface area contributed by atoms with Crippen molar-refractivity contribution in [2.24, 2.45) is 5.92 Å². The fraction of sp³-hybridized carbons (Fsp3) is 0.571. The Hall–Kier alpha value is -1.19. The summed E-state index contributed by atoms with van der Waals surface area (Å²) in [4.78, 5) is 0. The lowest BCUT2D eigenvalue weighted by Gasteiger charge is -2.14. The summed E-state index contributed by atoms with van der Waals surface area (Å²) in [5.41, 5.74) is 0.789. The molecular weight excluding hydrogens is 239 g/mol. The molecule has 0 aromatic heterocycles. The standard InChI is InChI=1S/C12H16F3N.2CH4/c1-8(2)7-16-11-5-4-10(6-9(11)3)12(13,14)15;;/h4-6,8,16H,7H2,1-3H3;2*1H4. The molecule has 0 unspecified atom stereocenters. The van der Waals surface area contributed by atoms with Crippen LogP contribution in [0, 0.1) is 12.8 Å². The summed E-state index contributed by atoms with van der Waals surface area (Å²) in [6.07, 6.45) is -4.26. The maximum atomic E-state index is 12.4. The van der Waals surface area contributed by atoms with Crippen LogP contribution in [0.1, 0.15) is 39.8 Å². The first-order valence-corrected chi connectivity index (χ1v) is 5.22. The zero-order valence-electron chi connectivity index (χ0n) is 9.65. The molecule has 0 amide bonds. The number of hydrogen-bond donors (Lipinski definition) is 1. The molecule has 106 valence electrons. The second-order valence-corrected chi connectivity index (χ2v) is 4.30. The molecule has 1 aromatic carbocycles. The predicted molar refractivity (Wildman–Crippen MR) is 73.0 cm³/mol. The highest BCUT2D eigenvalue weighted by atomic mass is 19.4. The molecule has 0 bridgehead atoms. The Morgan fingerprint density at radius 2 is 1.72 bits per heavy atom. The summed E-state index contributed by atoms with van der Waals surface area (Å²) in [6, 6.07) is 3.76. The topological polar surface area (TPSA) is 12.0 Å². The van der Waals surface area contributed by atoms with E-state index in [1.165, 1.54) is 12.1 Å². The summed E-state index contributed by atoms with van der Waals surface area (Å²) in [5, 5.41) is 3.12. The van der Waals surface area contributed by atoms with Gasteiger partial charge in [0, 0.05) is 12.2 Å². The molecule has 0 fully saturated rings. The number of anilines is 1. The number of benzene rings is 1. The SMILES string of the molecule is C.C.Cc1cc(C(F)(F)F)ccc1NCC(C)C. The summed E-state index contributed by atoms with van der Waals surface area (Å²) in [6.45, 7) is 6.53. The van der Waals surface area contributed by atoms with Crippen molar-refractivity contribution in [3.63, 3.8) is 0 Å². The van der Waals surface area contributed by atoms with Crippen molar-refractivity contribution < 1.29 is 13.2 Å². The molecule has 0 aliphatic heterocycles. The number of nitrogens with one attached hydrogen (secondary N) is 1. The van der Waals surface area contributed by atoms with Crippen LogP contribution in [0.4, 0.5) is 18.9 Å². The minimum Gasteiger partial charge on any atom is -0.385 e. The van der Waals surface area contributed by atoms with E-state index in [2.05, 4.69) is 5.32 Å². The largest absolute Gasteiger partial charge is 0.416 e. The summed E-state index contributed by atoms with van der Waals surface area (Å²) in [5.74, 6) is 0.460. The van der Waals surface area contributed by atoms with Gasteiger partial charge in [0.25, 0.3) is 0 Å². The lowest BCUT2D eigenvalue weighted by Crippen LogP contribution is -2.10. The van der Waals surface area contributed by atoms with Crippen LogP contribution < -0.4 is 5.32 Å². The first kappa shape index (κ1) is 19.2. The number of aryl methyl sites for hydroxylation is 1. The van der Waals surface area contributed by atoms with Crippen LogP contribution in [0.25, 0.3) is 0 Å². The van der Waals surface area contributed by atoms with Crippen LogP contribution in [0.3, 0.4) is 0 Å². The van der Waals surface area contributed by atoms with Gasteiger partial charge in [-0.15, -0.1) is 0 Å². The van der Waals surface area contributed by atoms with E-state index in [9.17, 15) is 13.2 Å². The van der Waals surface area contributed by atoms with Crippen molar-refractivity contribution in [1.29, 1.82) is 0 Å². The van der Waals surface area contributed by atoms with Crippen molar-refractivity contribution in [3.05, 3.63) is 29.3 Å². The molecule has 0 atom stereocenters. The second kappa shape index (κ2) is 7.29. The minimum atomic E-state index is -4.26. The molecule has 0 saturated heterocycles. The first-order chi connectivity index (χ1) is 7.30. The van der Waals surface area contributed by atoms with Gasteiger partial charge in [-0.25, -0.2) is 0 Å². The number of rotatable bonds is 3. The van der Waals surface area contributed by atoms with Crippen LogP contribution in [-0.2, 0) is 6.18 Å². The molecule has 1 aromatic rings. The number of hydrogen-bond acceptors (Lipinski definition) is 1. The van der Waals surface area contributed by atoms with Crippen molar-refractivity contribution in [3.8, 4) is 0 Å². The Labute approximate surface area is 108 Å². The third kappa shape index (κ3) is 5.43. The van der Waals surface area contributed by atoms with Crippen molar-refractivity contribution in [2.75, 3.05) is 11.9 Å². The minimum absolute atomic E-state index is 0. The van der Waals surface area contributed by atoms with Gasteiger partial charge in [0.2, 0.25) is 0 Å². The normalized spacial score (nSPS) is 10.6. The quantitative estimate of drug-likeness (QED) is 0.774. The van der Waals surface area contributed by atoms with Gasteiger partial charge in [0.1, 0.15) is 0 Å². The number of halogens is 3. The molecule has 0 aliphatic carbocycles. The van der Waals surface area contributed by atoms with E-state index in [1.807, 2.05) is 13.8 Å². The Bertz CT molecular complexity index is 357. The predicted octanol–water partition coefficient (Wildman–Crippen LogP) is 5.35. The smallest absolute Gasteiger partial charge is 0.385 e. The van der Waals surface area contributed by atoms with Gasteiger partial charge in [0.05, 0.1) is 5.56 Å². The highest BCUT2D eigenvalue weighted by molar-refractivity contribution is 5.52. The van der Waals surface area contributed by atoms with Crippen LogP contribution in [0.15, 0.2) is 18.2 Å². The van der Waals surface area contributed by atoms with E-state index in [-0.39, 0.29) is 14.9 Å². The van der Waals surface area contributed by atoms with Gasteiger partial charge in [-0.1, -0.05) is 28.7 Å². The summed E-state index contributed by atoms with van der Waals surface area (Å²) in [7, 11) is 0. The molecule has 1 nitrogen and oxygen atoms in total. The molecule has 0 spiro atoms. The zero-order valence-corrected chi connectivity index (χ0v) is 9.65. The molecule has 4 heteroatoms. The third-order valence-electron chi connectivity index (χ3n) is 2.25. The highest BCUT2D eigenvalue weighted by Gasteiger charge is 2.30. The van der Waals surface area contributed by atoms with Gasteiger partial charge in [-0.3, -0.25) is 0 Å². The van der Waals surface area contributed by atoms with Crippen LogP contribution in [0.5, 0.6) is 0 Å². The van der Waals surface area contributed by atoms with E-state index < -0.39 is 11.7 Å². The van der Waals surface area contributed by atoms with Crippen LogP contribution in [-0.4, -0.2) is 6.54 Å². The second-order valence-electron chi connectivity index (χ2n) is 4.30. The summed E-state index contributed by atoms with van der Waals surface area (Å²) >= 11 is 0. The highest BCUT2D eigenvalue weighted by Crippen LogP contribution is 2.31. The monoisotopic (exact) mass is 263 g/mol. The molecule has 1 N–H and O–H groups in total. The van der Waals surface area contributed by atoms with Crippen molar-refractivity contribution in [2.45, 2.75) is 41.8 Å². The van der Waals surface area contributed by atoms with Crippen LogP contribution >= 0.6 is 0 Å². The van der Waals surface area contributed by atoms with Crippen molar-refractivity contribution in [1.82, 2.24) is 0 Å². The maximum absolute atomic E-state index is 12.4. The van der Waals surface area contributed by atoms with E-state index in [0.717, 1.165) is 18.3 Å². The molecule has 0 saturated carbocycles. The molecule has 0 aliphatic rings. The van der Waals surface area contributed by atoms with E-state index in [4.69, 9.17) is 0 Å². The van der Waals surface area contributed by atoms with E-state index >= 15 is 0 Å².